The van der Waals surface area contributed by atoms with E-state index in [1.165, 1.54) is 18.2 Å². The normalized spacial score (nSPS) is 23.3. The predicted octanol–water partition coefficient (Wildman–Crippen LogP) is 3.68. The summed E-state index contributed by atoms with van der Waals surface area (Å²) in [6, 6.07) is 3.95. The van der Waals surface area contributed by atoms with Crippen molar-refractivity contribution in [1.29, 1.82) is 0 Å². The van der Waals surface area contributed by atoms with E-state index in [2.05, 4.69) is 4.99 Å². The number of phenols is 1. The fourth-order valence-corrected chi connectivity index (χ4v) is 4.22. The van der Waals surface area contributed by atoms with E-state index in [1.807, 2.05) is 13.8 Å². The van der Waals surface area contributed by atoms with Crippen LogP contribution in [0.25, 0.3) is 0 Å². The molecule has 0 amide bonds. The number of allylic oxidation sites excluding steroid dienone is 2. The van der Waals surface area contributed by atoms with Gasteiger partial charge in [0.15, 0.2) is 11.5 Å². The van der Waals surface area contributed by atoms with Crippen molar-refractivity contribution in [1.82, 2.24) is 0 Å². The summed E-state index contributed by atoms with van der Waals surface area (Å²) in [5, 5.41) is 21.2. The van der Waals surface area contributed by atoms with Crippen molar-refractivity contribution in [2.75, 3.05) is 6.61 Å². The molecule has 1 aromatic carbocycles. The Morgan fingerprint density at radius 1 is 1.38 bits per heavy atom. The van der Waals surface area contributed by atoms with Gasteiger partial charge in [-0.3, -0.25) is 24.7 Å². The lowest BCUT2D eigenvalue weighted by Gasteiger charge is -2.38. The Kier molecular flexibility index (Phi) is 5.30. The molecular weight excluding hydrogens is 376 g/mol. The van der Waals surface area contributed by atoms with Crippen LogP contribution in [0, 0.1) is 21.4 Å². The molecule has 1 N–H and O–H groups in total. The van der Waals surface area contributed by atoms with Crippen molar-refractivity contribution in [2.45, 2.75) is 46.5 Å². The maximum Gasteiger partial charge on any atom is 0.315 e. The van der Waals surface area contributed by atoms with E-state index in [-0.39, 0.29) is 17.8 Å². The Balaban J connectivity index is 2.22. The minimum Gasteiger partial charge on any atom is -0.502 e. The van der Waals surface area contributed by atoms with Crippen LogP contribution < -0.4 is 0 Å². The molecule has 2 atom stereocenters. The number of carbonyl (C=O) groups excluding carboxylic acids is 2. The number of phenolic OH excluding ortho intramolecular Hbond substituents is 1. The number of benzene rings is 1. The first-order chi connectivity index (χ1) is 13.6. The van der Waals surface area contributed by atoms with Crippen molar-refractivity contribution in [3.8, 4) is 5.75 Å². The van der Waals surface area contributed by atoms with Crippen molar-refractivity contribution in [3.05, 3.63) is 45.1 Å². The van der Waals surface area contributed by atoms with E-state index >= 15 is 0 Å². The summed E-state index contributed by atoms with van der Waals surface area (Å²) in [7, 11) is 0. The van der Waals surface area contributed by atoms with Crippen LogP contribution in [0.1, 0.15) is 52.0 Å². The van der Waals surface area contributed by atoms with Gasteiger partial charge in [0.2, 0.25) is 0 Å². The van der Waals surface area contributed by atoms with Gasteiger partial charge >= 0.3 is 11.7 Å². The van der Waals surface area contributed by atoms with Crippen molar-refractivity contribution < 1.29 is 24.4 Å². The van der Waals surface area contributed by atoms with Crippen LogP contribution in [0.15, 0.2) is 34.5 Å². The molecule has 0 saturated carbocycles. The number of nitro groups is 1. The highest BCUT2D eigenvalue weighted by Crippen LogP contribution is 2.48. The number of hydrogen-bond acceptors (Lipinski definition) is 7. The Morgan fingerprint density at radius 3 is 2.69 bits per heavy atom. The third kappa shape index (κ3) is 3.79. The number of rotatable bonds is 4. The number of nitrogens with zero attached hydrogens (tertiary/aromatic N) is 2. The Bertz CT molecular complexity index is 960. The quantitative estimate of drug-likeness (QED) is 0.468. The minimum absolute atomic E-state index is 0.123. The Hall–Kier alpha value is -3.03. The topological polar surface area (TPSA) is 119 Å². The van der Waals surface area contributed by atoms with Gasteiger partial charge in [-0.1, -0.05) is 19.9 Å². The summed E-state index contributed by atoms with van der Waals surface area (Å²) in [5.74, 6) is -2.73. The summed E-state index contributed by atoms with van der Waals surface area (Å²) in [5.41, 5.74) is 1.20. The zero-order valence-electron chi connectivity index (χ0n) is 16.9. The number of ether oxygens (including phenoxy) is 1. The monoisotopic (exact) mass is 400 g/mol. The number of hydrogen-bond donors (Lipinski definition) is 1. The van der Waals surface area contributed by atoms with Gasteiger partial charge in [0, 0.05) is 35.4 Å². The lowest BCUT2D eigenvalue weighted by molar-refractivity contribution is -0.385. The molecule has 1 aliphatic carbocycles. The third-order valence-corrected chi connectivity index (χ3v) is 5.40. The highest BCUT2D eigenvalue weighted by Gasteiger charge is 2.46. The predicted molar refractivity (Wildman–Crippen MR) is 106 cm³/mol. The first kappa shape index (κ1) is 20.7. The molecule has 3 rings (SSSR count). The zero-order valence-corrected chi connectivity index (χ0v) is 16.9. The molecule has 1 heterocycles. The molecule has 2 aliphatic rings. The number of carbonyl (C=O) groups is 2. The fraction of sp³-hybridized carbons (Fsp3) is 0.476. The van der Waals surface area contributed by atoms with Gasteiger partial charge in [0.1, 0.15) is 5.92 Å². The molecular formula is C21H24N2O6. The van der Waals surface area contributed by atoms with Gasteiger partial charge in [0.25, 0.3) is 0 Å². The highest BCUT2D eigenvalue weighted by molar-refractivity contribution is 6.09. The van der Waals surface area contributed by atoms with Gasteiger partial charge in [-0.25, -0.2) is 0 Å². The largest absolute Gasteiger partial charge is 0.502 e. The molecule has 0 saturated heterocycles. The van der Waals surface area contributed by atoms with Crippen molar-refractivity contribution in [2.24, 2.45) is 16.3 Å². The van der Waals surface area contributed by atoms with Gasteiger partial charge in [-0.05, 0) is 37.3 Å². The zero-order chi connectivity index (χ0) is 21.5. The van der Waals surface area contributed by atoms with E-state index in [9.17, 15) is 24.8 Å². The molecule has 8 heteroatoms. The molecule has 0 bridgehead atoms. The number of esters is 1. The van der Waals surface area contributed by atoms with Gasteiger partial charge < -0.3 is 9.84 Å². The fourth-order valence-electron chi connectivity index (χ4n) is 4.22. The van der Waals surface area contributed by atoms with Crippen LogP contribution in [-0.2, 0) is 14.3 Å². The molecule has 1 aromatic rings. The molecule has 154 valence electrons. The van der Waals surface area contributed by atoms with Crippen LogP contribution in [0.2, 0.25) is 0 Å². The Labute approximate surface area is 168 Å². The first-order valence-corrected chi connectivity index (χ1v) is 9.51. The summed E-state index contributed by atoms with van der Waals surface area (Å²) in [4.78, 5) is 41.1. The third-order valence-electron chi connectivity index (χ3n) is 5.40. The molecule has 0 aromatic heterocycles. The second-order valence-electron chi connectivity index (χ2n) is 8.27. The number of Topliss-reactive ketones (excluding diaryl/α,β-unsaturated/α-hetero) is 1. The minimum atomic E-state index is -0.858. The summed E-state index contributed by atoms with van der Waals surface area (Å²) >= 11 is 0. The molecule has 8 nitrogen and oxygen atoms in total. The van der Waals surface area contributed by atoms with E-state index in [1.54, 1.807) is 13.8 Å². The van der Waals surface area contributed by atoms with Crippen LogP contribution >= 0.6 is 0 Å². The number of ketones is 1. The molecule has 1 aliphatic heterocycles. The average molecular weight is 400 g/mol. The summed E-state index contributed by atoms with van der Waals surface area (Å²) in [6.07, 6.45) is 0.865. The number of aromatic hydroxyl groups is 1. The molecule has 0 spiro atoms. The number of aliphatic imine (C=N–C) groups is 1. The van der Waals surface area contributed by atoms with Crippen molar-refractivity contribution >= 4 is 23.2 Å². The van der Waals surface area contributed by atoms with Crippen LogP contribution in [0.4, 0.5) is 5.69 Å². The van der Waals surface area contributed by atoms with Crippen LogP contribution in [-0.4, -0.2) is 34.1 Å². The highest BCUT2D eigenvalue weighted by atomic mass is 16.6. The van der Waals surface area contributed by atoms with E-state index in [0.717, 1.165) is 0 Å². The second-order valence-corrected chi connectivity index (χ2v) is 8.27. The van der Waals surface area contributed by atoms with Crippen molar-refractivity contribution in [3.63, 3.8) is 0 Å². The molecule has 0 radical (unpaired) electrons. The SMILES string of the molecule is CCOC(=O)C1C(C)=NC2=C(C(=O)CC(C)(C)C2)[C@@H]1c1ccc(O)c([N+](=O)[O-])c1. The maximum absolute atomic E-state index is 13.1. The lowest BCUT2D eigenvalue weighted by Crippen LogP contribution is -2.39. The molecule has 29 heavy (non-hydrogen) atoms. The molecule has 1 unspecified atom stereocenters. The van der Waals surface area contributed by atoms with E-state index < -0.39 is 34.2 Å². The van der Waals surface area contributed by atoms with Gasteiger partial charge in [0.05, 0.1) is 11.5 Å². The first-order valence-electron chi connectivity index (χ1n) is 9.51. The van der Waals surface area contributed by atoms with Gasteiger partial charge in [-0.2, -0.15) is 0 Å². The van der Waals surface area contributed by atoms with Crippen LogP contribution in [0.5, 0.6) is 5.75 Å². The maximum atomic E-state index is 13.1. The van der Waals surface area contributed by atoms with Crippen LogP contribution in [0.3, 0.4) is 0 Å². The standard InChI is InChI=1S/C21H24N2O6/c1-5-29-20(26)17-11(2)22-13-9-21(3,4)10-16(25)19(13)18(17)12-6-7-15(24)14(8-12)23(27)28/h6-8,17-18,24H,5,9-10H2,1-4H3/t17?,18-/m1/s1. The number of nitro benzene ring substituents is 1. The Morgan fingerprint density at radius 2 is 2.07 bits per heavy atom. The van der Waals surface area contributed by atoms with E-state index in [4.69, 9.17) is 4.74 Å². The second kappa shape index (κ2) is 7.42. The van der Waals surface area contributed by atoms with E-state index in [0.29, 0.717) is 35.4 Å². The average Bonchev–Trinajstić information content (AvgIpc) is 2.59. The lowest BCUT2D eigenvalue weighted by atomic mass is 9.67. The summed E-state index contributed by atoms with van der Waals surface area (Å²) in [6.45, 7) is 7.53. The smallest absolute Gasteiger partial charge is 0.315 e. The molecule has 0 fully saturated rings. The van der Waals surface area contributed by atoms with Gasteiger partial charge in [-0.15, -0.1) is 0 Å². The summed E-state index contributed by atoms with van der Waals surface area (Å²) < 4.78 is 5.22.